The van der Waals surface area contributed by atoms with Gasteiger partial charge in [-0.05, 0) is 33.0 Å². The first kappa shape index (κ1) is 13.6. The van der Waals surface area contributed by atoms with Gasteiger partial charge in [-0.1, -0.05) is 13.3 Å². The molecule has 4 nitrogen and oxygen atoms in total. The fraction of sp³-hybridized carbons (Fsp3) is 0.786. The fourth-order valence-electron chi connectivity index (χ4n) is 2.72. The van der Waals surface area contributed by atoms with Gasteiger partial charge in [0.1, 0.15) is 6.26 Å². The number of hydrogen-bond donors (Lipinski definition) is 1. The van der Waals surface area contributed by atoms with Crippen LogP contribution < -0.4 is 5.32 Å². The third kappa shape index (κ3) is 3.56. The summed E-state index contributed by atoms with van der Waals surface area (Å²) in [6.45, 7) is 5.56. The number of oxazole rings is 1. The highest BCUT2D eigenvalue weighted by molar-refractivity contribution is 4.99. The lowest BCUT2D eigenvalue weighted by atomic mass is 9.99. The van der Waals surface area contributed by atoms with Gasteiger partial charge in [-0.2, -0.15) is 0 Å². The van der Waals surface area contributed by atoms with Crippen LogP contribution in [0.2, 0.25) is 0 Å². The molecule has 1 atom stereocenters. The van der Waals surface area contributed by atoms with Crippen LogP contribution in [0.15, 0.2) is 10.7 Å². The van der Waals surface area contributed by atoms with Crippen LogP contribution in [0.25, 0.3) is 0 Å². The van der Waals surface area contributed by atoms with Gasteiger partial charge < -0.3 is 14.6 Å². The van der Waals surface area contributed by atoms with E-state index in [0.717, 1.165) is 37.5 Å². The molecule has 1 aliphatic rings. The first-order chi connectivity index (χ1) is 8.83. The SMILES string of the molecule is CCN1CCCCC1Cc1nc(CCNC)co1. The van der Waals surface area contributed by atoms with Crippen LogP contribution in [0, 0.1) is 0 Å². The minimum Gasteiger partial charge on any atom is -0.449 e. The maximum atomic E-state index is 5.59. The molecule has 1 aromatic heterocycles. The molecule has 0 aromatic carbocycles. The zero-order valence-electron chi connectivity index (χ0n) is 11.6. The van der Waals surface area contributed by atoms with Crippen LogP contribution in [-0.2, 0) is 12.8 Å². The highest BCUT2D eigenvalue weighted by atomic mass is 16.3. The average molecular weight is 251 g/mol. The van der Waals surface area contributed by atoms with Crippen LogP contribution in [0.5, 0.6) is 0 Å². The van der Waals surface area contributed by atoms with E-state index in [9.17, 15) is 0 Å². The molecule has 18 heavy (non-hydrogen) atoms. The van der Waals surface area contributed by atoms with Crippen molar-refractivity contribution in [1.82, 2.24) is 15.2 Å². The van der Waals surface area contributed by atoms with Gasteiger partial charge in [0.25, 0.3) is 0 Å². The minimum atomic E-state index is 0.625. The van der Waals surface area contributed by atoms with E-state index in [2.05, 4.69) is 22.1 Å². The van der Waals surface area contributed by atoms with E-state index < -0.39 is 0 Å². The summed E-state index contributed by atoms with van der Waals surface area (Å²) >= 11 is 0. The van der Waals surface area contributed by atoms with E-state index in [1.807, 2.05) is 13.3 Å². The Bertz CT molecular complexity index is 351. The molecule has 2 heterocycles. The third-order valence-electron chi connectivity index (χ3n) is 3.80. The number of nitrogens with zero attached hydrogens (tertiary/aromatic N) is 2. The van der Waals surface area contributed by atoms with Crippen molar-refractivity contribution >= 4 is 0 Å². The van der Waals surface area contributed by atoms with Crippen LogP contribution in [0.4, 0.5) is 0 Å². The van der Waals surface area contributed by atoms with Crippen LogP contribution in [-0.4, -0.2) is 42.6 Å². The molecule has 0 saturated carbocycles. The number of rotatable bonds is 6. The number of likely N-dealkylation sites (tertiary alicyclic amines) is 1. The van der Waals surface area contributed by atoms with Crippen molar-refractivity contribution in [2.75, 3.05) is 26.7 Å². The maximum Gasteiger partial charge on any atom is 0.195 e. The van der Waals surface area contributed by atoms with E-state index in [1.165, 1.54) is 25.8 Å². The van der Waals surface area contributed by atoms with Gasteiger partial charge >= 0.3 is 0 Å². The largest absolute Gasteiger partial charge is 0.449 e. The standard InChI is InChI=1S/C14H25N3O/c1-3-17-9-5-4-6-13(17)10-14-16-12(11-18-14)7-8-15-2/h11,13,15H,3-10H2,1-2H3. The lowest BCUT2D eigenvalue weighted by Crippen LogP contribution is -2.40. The van der Waals surface area contributed by atoms with Crippen molar-refractivity contribution in [3.8, 4) is 0 Å². The topological polar surface area (TPSA) is 41.3 Å². The summed E-state index contributed by atoms with van der Waals surface area (Å²) in [5, 5.41) is 3.13. The highest BCUT2D eigenvalue weighted by Crippen LogP contribution is 2.20. The van der Waals surface area contributed by atoms with E-state index in [0.29, 0.717) is 6.04 Å². The van der Waals surface area contributed by atoms with Gasteiger partial charge in [0.05, 0.1) is 5.69 Å². The number of piperidine rings is 1. The Morgan fingerprint density at radius 3 is 3.17 bits per heavy atom. The third-order valence-corrected chi connectivity index (χ3v) is 3.80. The van der Waals surface area contributed by atoms with Crippen LogP contribution in [0.1, 0.15) is 37.8 Å². The van der Waals surface area contributed by atoms with E-state index >= 15 is 0 Å². The van der Waals surface area contributed by atoms with E-state index in [-0.39, 0.29) is 0 Å². The zero-order chi connectivity index (χ0) is 12.8. The summed E-state index contributed by atoms with van der Waals surface area (Å²) in [6.07, 6.45) is 7.68. The molecule has 1 saturated heterocycles. The Morgan fingerprint density at radius 2 is 2.39 bits per heavy atom. The Morgan fingerprint density at radius 1 is 1.50 bits per heavy atom. The maximum absolute atomic E-state index is 5.59. The first-order valence-electron chi connectivity index (χ1n) is 7.15. The monoisotopic (exact) mass is 251 g/mol. The number of hydrogen-bond acceptors (Lipinski definition) is 4. The first-order valence-corrected chi connectivity index (χ1v) is 7.15. The quantitative estimate of drug-likeness (QED) is 0.838. The molecule has 4 heteroatoms. The summed E-state index contributed by atoms with van der Waals surface area (Å²) in [5.41, 5.74) is 1.07. The Hall–Kier alpha value is -0.870. The van der Waals surface area contributed by atoms with E-state index in [1.54, 1.807) is 0 Å². The Labute approximate surface area is 110 Å². The molecule has 1 N–H and O–H groups in total. The molecule has 1 aliphatic heterocycles. The molecule has 0 aliphatic carbocycles. The van der Waals surface area contributed by atoms with Gasteiger partial charge in [0.15, 0.2) is 5.89 Å². The van der Waals surface area contributed by atoms with Crippen molar-refractivity contribution in [1.29, 1.82) is 0 Å². The van der Waals surface area contributed by atoms with Crippen molar-refractivity contribution in [3.63, 3.8) is 0 Å². The summed E-state index contributed by atoms with van der Waals surface area (Å²) < 4.78 is 5.59. The van der Waals surface area contributed by atoms with Gasteiger partial charge in [0.2, 0.25) is 0 Å². The molecule has 1 fully saturated rings. The van der Waals surface area contributed by atoms with Crippen molar-refractivity contribution in [3.05, 3.63) is 17.8 Å². The van der Waals surface area contributed by atoms with Gasteiger partial charge in [-0.3, -0.25) is 0 Å². The molecule has 1 unspecified atom stereocenters. The Kier molecular flexibility index (Phi) is 5.20. The fourth-order valence-corrected chi connectivity index (χ4v) is 2.72. The second-order valence-electron chi connectivity index (χ2n) is 5.07. The molecule has 0 spiro atoms. The van der Waals surface area contributed by atoms with Crippen molar-refractivity contribution < 1.29 is 4.42 Å². The second kappa shape index (κ2) is 6.90. The van der Waals surface area contributed by atoms with Crippen LogP contribution >= 0.6 is 0 Å². The second-order valence-corrected chi connectivity index (χ2v) is 5.07. The molecular weight excluding hydrogens is 226 g/mol. The minimum absolute atomic E-state index is 0.625. The summed E-state index contributed by atoms with van der Waals surface area (Å²) in [7, 11) is 1.96. The molecule has 1 aromatic rings. The number of nitrogens with one attached hydrogen (secondary N) is 1. The smallest absolute Gasteiger partial charge is 0.195 e. The Balaban J connectivity index is 1.89. The normalized spacial score (nSPS) is 21.3. The summed E-state index contributed by atoms with van der Waals surface area (Å²) in [5.74, 6) is 0.909. The van der Waals surface area contributed by atoms with Gasteiger partial charge in [-0.15, -0.1) is 0 Å². The summed E-state index contributed by atoms with van der Waals surface area (Å²) in [6, 6.07) is 0.625. The molecule has 2 rings (SSSR count). The number of likely N-dealkylation sites (N-methyl/N-ethyl adjacent to an activating group) is 2. The molecule has 0 bridgehead atoms. The summed E-state index contributed by atoms with van der Waals surface area (Å²) in [4.78, 5) is 7.13. The predicted octanol–water partition coefficient (Wildman–Crippen LogP) is 1.85. The highest BCUT2D eigenvalue weighted by Gasteiger charge is 2.22. The lowest BCUT2D eigenvalue weighted by molar-refractivity contribution is 0.149. The molecule has 102 valence electrons. The van der Waals surface area contributed by atoms with Crippen molar-refractivity contribution in [2.24, 2.45) is 0 Å². The number of aromatic nitrogens is 1. The predicted molar refractivity (Wildman–Crippen MR) is 72.7 cm³/mol. The average Bonchev–Trinajstić information content (AvgIpc) is 2.84. The molecule has 0 radical (unpaired) electrons. The van der Waals surface area contributed by atoms with Crippen molar-refractivity contribution in [2.45, 2.75) is 45.1 Å². The molecular formula is C14H25N3O. The zero-order valence-corrected chi connectivity index (χ0v) is 11.6. The van der Waals surface area contributed by atoms with Gasteiger partial charge in [-0.25, -0.2) is 4.98 Å². The van der Waals surface area contributed by atoms with Gasteiger partial charge in [0, 0.05) is 25.4 Å². The molecule has 0 amide bonds. The van der Waals surface area contributed by atoms with Crippen LogP contribution in [0.3, 0.4) is 0 Å². The lowest BCUT2D eigenvalue weighted by Gasteiger charge is -2.34. The van der Waals surface area contributed by atoms with E-state index in [4.69, 9.17) is 4.42 Å².